The highest BCUT2D eigenvalue weighted by atomic mass is 35.5. The highest BCUT2D eigenvalue weighted by Crippen LogP contribution is 2.27. The minimum atomic E-state index is -3.49. The highest BCUT2D eigenvalue weighted by molar-refractivity contribution is 7.89. The summed E-state index contributed by atoms with van der Waals surface area (Å²) in [6.07, 6.45) is 1.37. The van der Waals surface area contributed by atoms with Gasteiger partial charge in [0.25, 0.3) is 0 Å². The van der Waals surface area contributed by atoms with E-state index in [1.165, 1.54) is 0 Å². The van der Waals surface area contributed by atoms with Gasteiger partial charge in [-0.25, -0.2) is 13.1 Å². The Morgan fingerprint density at radius 1 is 1.14 bits per heavy atom. The summed E-state index contributed by atoms with van der Waals surface area (Å²) in [5, 5.41) is 0.671. The average molecular weight is 338 g/mol. The van der Waals surface area contributed by atoms with Crippen LogP contribution in [0, 0.1) is 0 Å². The lowest BCUT2D eigenvalue weighted by Crippen LogP contribution is -2.26. The number of rotatable bonds is 5. The lowest BCUT2D eigenvalue weighted by atomic mass is 10.2. The smallest absolute Gasteiger partial charge is 0.240 e. The third-order valence-electron chi connectivity index (χ3n) is 3.59. The van der Waals surface area contributed by atoms with Crippen molar-refractivity contribution in [3.05, 3.63) is 58.6 Å². The summed E-state index contributed by atoms with van der Waals surface area (Å²) < 4.78 is 32.6. The molecule has 2 aromatic rings. The maximum absolute atomic E-state index is 12.3. The Labute approximate surface area is 135 Å². The lowest BCUT2D eigenvalue weighted by molar-refractivity contribution is 0.356. The monoisotopic (exact) mass is 337 g/mol. The maximum Gasteiger partial charge on any atom is 0.240 e. The van der Waals surface area contributed by atoms with Crippen molar-refractivity contribution in [3.63, 3.8) is 0 Å². The second-order valence-corrected chi connectivity index (χ2v) is 7.35. The van der Waals surface area contributed by atoms with Gasteiger partial charge in [0.15, 0.2) is 0 Å². The van der Waals surface area contributed by atoms with Crippen LogP contribution in [0.4, 0.5) is 0 Å². The molecular formula is C16H16ClNO3S. The second kappa shape index (κ2) is 6.28. The van der Waals surface area contributed by atoms with Crippen LogP contribution in [0.5, 0.6) is 5.75 Å². The molecule has 0 amide bonds. The molecule has 0 saturated heterocycles. The van der Waals surface area contributed by atoms with Crippen molar-refractivity contribution in [2.24, 2.45) is 0 Å². The molecule has 0 aromatic heterocycles. The fraction of sp³-hybridized carbons (Fsp3) is 0.250. The molecule has 0 unspecified atom stereocenters. The number of hydrogen-bond acceptors (Lipinski definition) is 3. The fourth-order valence-electron chi connectivity index (χ4n) is 2.39. The molecule has 116 valence electrons. The fourth-order valence-corrected chi connectivity index (χ4v) is 3.60. The van der Waals surface area contributed by atoms with Crippen LogP contribution >= 0.6 is 11.6 Å². The summed E-state index contributed by atoms with van der Waals surface area (Å²) in [7, 11) is -3.49. The Hall–Kier alpha value is -1.56. The van der Waals surface area contributed by atoms with Gasteiger partial charge in [-0.05, 0) is 47.9 Å². The zero-order valence-corrected chi connectivity index (χ0v) is 13.5. The van der Waals surface area contributed by atoms with E-state index in [2.05, 4.69) is 4.72 Å². The molecule has 1 N–H and O–H groups in total. The van der Waals surface area contributed by atoms with Crippen LogP contribution in [0.15, 0.2) is 47.4 Å². The summed E-state index contributed by atoms with van der Waals surface area (Å²) in [6.45, 7) is 0.959. The van der Waals surface area contributed by atoms with Crippen molar-refractivity contribution >= 4 is 21.6 Å². The zero-order chi connectivity index (χ0) is 15.6. The topological polar surface area (TPSA) is 55.4 Å². The van der Waals surface area contributed by atoms with E-state index in [0.29, 0.717) is 24.6 Å². The average Bonchev–Trinajstić information content (AvgIpc) is 2.96. The van der Waals surface area contributed by atoms with Crippen LogP contribution in [0.1, 0.15) is 11.1 Å². The third kappa shape index (κ3) is 3.43. The Morgan fingerprint density at radius 3 is 2.68 bits per heavy atom. The van der Waals surface area contributed by atoms with Gasteiger partial charge >= 0.3 is 0 Å². The van der Waals surface area contributed by atoms with Crippen LogP contribution in [-0.2, 0) is 22.9 Å². The predicted octanol–water partition coefficient (Wildman–Crippen LogP) is 2.80. The number of ether oxygens (including phenoxy) is 1. The summed E-state index contributed by atoms with van der Waals surface area (Å²) in [5.74, 6) is 0.778. The first-order valence-corrected chi connectivity index (χ1v) is 8.90. The number of benzene rings is 2. The van der Waals surface area contributed by atoms with Crippen molar-refractivity contribution in [2.45, 2.75) is 17.7 Å². The van der Waals surface area contributed by atoms with E-state index in [1.807, 2.05) is 12.1 Å². The van der Waals surface area contributed by atoms with E-state index >= 15 is 0 Å². The number of nitrogens with one attached hydrogen (secondary N) is 1. The molecule has 6 heteroatoms. The van der Waals surface area contributed by atoms with Gasteiger partial charge in [-0.1, -0.05) is 23.7 Å². The van der Waals surface area contributed by atoms with Crippen LogP contribution in [0.2, 0.25) is 5.02 Å². The van der Waals surface area contributed by atoms with E-state index in [0.717, 1.165) is 23.3 Å². The molecule has 22 heavy (non-hydrogen) atoms. The quantitative estimate of drug-likeness (QED) is 0.912. The number of fused-ring (bicyclic) bond motifs is 1. The Kier molecular flexibility index (Phi) is 4.38. The molecule has 0 atom stereocenters. The van der Waals surface area contributed by atoms with Gasteiger partial charge in [0.05, 0.1) is 11.5 Å². The minimum Gasteiger partial charge on any atom is -0.493 e. The first-order valence-electron chi connectivity index (χ1n) is 7.04. The van der Waals surface area contributed by atoms with Crippen LogP contribution in [-0.4, -0.2) is 21.6 Å². The summed E-state index contributed by atoms with van der Waals surface area (Å²) in [6, 6.07) is 12.4. The molecule has 0 spiro atoms. The minimum absolute atomic E-state index is 0.285. The normalized spacial score (nSPS) is 13.7. The predicted molar refractivity (Wildman–Crippen MR) is 86.0 cm³/mol. The van der Waals surface area contributed by atoms with Gasteiger partial charge in [-0.3, -0.25) is 0 Å². The van der Waals surface area contributed by atoms with E-state index in [-0.39, 0.29) is 4.90 Å². The summed E-state index contributed by atoms with van der Waals surface area (Å²) in [5.41, 5.74) is 1.98. The van der Waals surface area contributed by atoms with Gasteiger partial charge < -0.3 is 4.74 Å². The molecule has 0 bridgehead atoms. The number of hydrogen-bond donors (Lipinski definition) is 1. The highest BCUT2D eigenvalue weighted by Gasteiger charge is 2.18. The maximum atomic E-state index is 12.3. The van der Waals surface area contributed by atoms with Crippen LogP contribution < -0.4 is 9.46 Å². The first kappa shape index (κ1) is 15.3. The molecule has 0 saturated carbocycles. The number of halogens is 1. The van der Waals surface area contributed by atoms with E-state index < -0.39 is 10.0 Å². The van der Waals surface area contributed by atoms with Gasteiger partial charge in [-0.15, -0.1) is 0 Å². The molecule has 0 radical (unpaired) electrons. The van der Waals surface area contributed by atoms with E-state index in [1.54, 1.807) is 30.3 Å². The van der Waals surface area contributed by atoms with Crippen molar-refractivity contribution in [1.29, 1.82) is 0 Å². The first-order chi connectivity index (χ1) is 10.5. The van der Waals surface area contributed by atoms with E-state index in [4.69, 9.17) is 16.3 Å². The Bertz CT molecular complexity index is 772. The standard InChI is InChI=1S/C16H16ClNO3S/c17-14-3-1-12(2-4-14)7-9-18-22(19,20)15-5-6-16-13(11-15)8-10-21-16/h1-6,11,18H,7-10H2. The van der Waals surface area contributed by atoms with Crippen LogP contribution in [0.3, 0.4) is 0 Å². The third-order valence-corrected chi connectivity index (χ3v) is 5.30. The summed E-state index contributed by atoms with van der Waals surface area (Å²) in [4.78, 5) is 0.285. The second-order valence-electron chi connectivity index (χ2n) is 5.14. The molecule has 2 aromatic carbocycles. The van der Waals surface area contributed by atoms with Crippen LogP contribution in [0.25, 0.3) is 0 Å². The largest absolute Gasteiger partial charge is 0.493 e. The molecule has 4 nitrogen and oxygen atoms in total. The van der Waals surface area contributed by atoms with Gasteiger partial charge in [-0.2, -0.15) is 0 Å². The molecule has 3 rings (SSSR count). The molecular weight excluding hydrogens is 322 g/mol. The summed E-state index contributed by atoms with van der Waals surface area (Å²) >= 11 is 5.82. The molecule has 0 aliphatic carbocycles. The number of sulfonamides is 1. The van der Waals surface area contributed by atoms with Crippen molar-refractivity contribution in [1.82, 2.24) is 4.72 Å². The zero-order valence-electron chi connectivity index (χ0n) is 11.9. The molecule has 1 heterocycles. The molecule has 1 aliphatic heterocycles. The molecule has 0 fully saturated rings. The van der Waals surface area contributed by atoms with Gasteiger partial charge in [0, 0.05) is 18.0 Å². The van der Waals surface area contributed by atoms with Gasteiger partial charge in [0.2, 0.25) is 10.0 Å². The lowest BCUT2D eigenvalue weighted by Gasteiger charge is -2.08. The van der Waals surface area contributed by atoms with Gasteiger partial charge in [0.1, 0.15) is 5.75 Å². The van der Waals surface area contributed by atoms with Crippen molar-refractivity contribution in [2.75, 3.05) is 13.2 Å². The Morgan fingerprint density at radius 2 is 1.91 bits per heavy atom. The molecule has 1 aliphatic rings. The van der Waals surface area contributed by atoms with E-state index in [9.17, 15) is 8.42 Å². The Balaban J connectivity index is 1.65. The SMILES string of the molecule is O=S(=O)(NCCc1ccc(Cl)cc1)c1ccc2c(c1)CCO2. The van der Waals surface area contributed by atoms with Crippen molar-refractivity contribution < 1.29 is 13.2 Å². The van der Waals surface area contributed by atoms with Crippen molar-refractivity contribution in [3.8, 4) is 5.75 Å².